The molecular formula is C23H18F2N4O. The van der Waals surface area contributed by atoms with Gasteiger partial charge < -0.3 is 4.90 Å². The van der Waals surface area contributed by atoms with Gasteiger partial charge in [-0.25, -0.2) is 8.78 Å². The molecule has 0 aliphatic carbocycles. The number of carbonyl (C=O) groups is 1. The first-order chi connectivity index (χ1) is 14.4. The molecule has 30 heavy (non-hydrogen) atoms. The average Bonchev–Trinajstić information content (AvgIpc) is 3.26. The van der Waals surface area contributed by atoms with Gasteiger partial charge in [-0.05, 0) is 47.9 Å². The molecule has 0 fully saturated rings. The normalized spacial score (nSPS) is 13.3. The van der Waals surface area contributed by atoms with Crippen LogP contribution in [-0.2, 0) is 20.1 Å². The van der Waals surface area contributed by atoms with Crippen LogP contribution >= 0.6 is 0 Å². The summed E-state index contributed by atoms with van der Waals surface area (Å²) < 4.78 is 31.6. The zero-order chi connectivity index (χ0) is 21.0. The van der Waals surface area contributed by atoms with Gasteiger partial charge in [-0.15, -0.1) is 0 Å². The zero-order valence-electron chi connectivity index (χ0n) is 16.5. The molecule has 1 aliphatic rings. The fourth-order valence-corrected chi connectivity index (χ4v) is 4.02. The van der Waals surface area contributed by atoms with Crippen molar-refractivity contribution in [2.75, 3.05) is 0 Å². The molecule has 0 N–H and O–H groups in total. The van der Waals surface area contributed by atoms with Crippen LogP contribution in [0.4, 0.5) is 8.78 Å². The molecule has 3 heterocycles. The Balaban J connectivity index is 1.51. The van der Waals surface area contributed by atoms with Crippen molar-refractivity contribution in [2.24, 2.45) is 7.05 Å². The Bertz CT molecular complexity index is 1310. The van der Waals surface area contributed by atoms with Crippen LogP contribution in [0.2, 0.25) is 0 Å². The molecule has 0 radical (unpaired) electrons. The maximum absolute atomic E-state index is 15.0. The first kappa shape index (κ1) is 18.4. The topological polar surface area (TPSA) is 51.0 Å². The van der Waals surface area contributed by atoms with E-state index < -0.39 is 11.6 Å². The summed E-state index contributed by atoms with van der Waals surface area (Å²) in [5.74, 6) is -1.63. The van der Waals surface area contributed by atoms with Gasteiger partial charge in [-0.1, -0.05) is 12.1 Å². The maximum atomic E-state index is 15.0. The number of nitrogens with zero attached hydrogens (tertiary/aromatic N) is 4. The molecule has 0 bridgehead atoms. The second kappa shape index (κ2) is 6.73. The fraction of sp³-hybridized carbons (Fsp3) is 0.174. The highest BCUT2D eigenvalue weighted by molar-refractivity contribution is 5.98. The Morgan fingerprint density at radius 1 is 1.10 bits per heavy atom. The third-order valence-electron chi connectivity index (χ3n) is 5.54. The summed E-state index contributed by atoms with van der Waals surface area (Å²) in [5, 5.41) is 5.27. The number of halogens is 2. The lowest BCUT2D eigenvalue weighted by molar-refractivity contribution is 0.0763. The summed E-state index contributed by atoms with van der Waals surface area (Å²) >= 11 is 0. The molecule has 1 aliphatic heterocycles. The fourth-order valence-electron chi connectivity index (χ4n) is 4.02. The Morgan fingerprint density at radius 2 is 1.87 bits per heavy atom. The molecule has 0 atom stereocenters. The predicted molar refractivity (Wildman–Crippen MR) is 109 cm³/mol. The number of rotatable bonds is 3. The molecule has 0 saturated carbocycles. The van der Waals surface area contributed by atoms with Gasteiger partial charge in [0.1, 0.15) is 11.6 Å². The summed E-state index contributed by atoms with van der Waals surface area (Å²) in [6.45, 7) is 2.04. The molecule has 5 nitrogen and oxygen atoms in total. The van der Waals surface area contributed by atoms with Crippen molar-refractivity contribution in [1.29, 1.82) is 0 Å². The van der Waals surface area contributed by atoms with Crippen LogP contribution in [0.5, 0.6) is 0 Å². The van der Waals surface area contributed by atoms with E-state index in [1.165, 1.54) is 17.0 Å². The molecule has 1 amide bonds. The number of aromatic nitrogens is 3. The zero-order valence-corrected chi connectivity index (χ0v) is 16.5. The molecule has 0 unspecified atom stereocenters. The van der Waals surface area contributed by atoms with Crippen LogP contribution in [-0.4, -0.2) is 25.6 Å². The van der Waals surface area contributed by atoms with Gasteiger partial charge in [-0.3, -0.25) is 14.5 Å². The third-order valence-corrected chi connectivity index (χ3v) is 5.54. The SMILES string of the molecule is Cc1ccc(-c2cc(F)c(CN3Cc4ncccc4C3=O)c(F)c2)c2cn(C)nc12. The highest BCUT2D eigenvalue weighted by atomic mass is 19.1. The second-order valence-corrected chi connectivity index (χ2v) is 7.57. The van der Waals surface area contributed by atoms with E-state index in [4.69, 9.17) is 0 Å². The quantitative estimate of drug-likeness (QED) is 0.509. The van der Waals surface area contributed by atoms with E-state index in [-0.39, 0.29) is 24.6 Å². The van der Waals surface area contributed by atoms with E-state index in [2.05, 4.69) is 10.1 Å². The first-order valence-corrected chi connectivity index (χ1v) is 9.57. The molecule has 0 saturated heterocycles. The van der Waals surface area contributed by atoms with Crippen LogP contribution in [0.3, 0.4) is 0 Å². The standard InChI is InChI=1S/C23H18F2N4O/c1-13-5-6-15(17-10-28(2)27-22(13)17)14-8-19(24)18(20(25)9-14)11-29-12-21-16(23(29)30)4-3-7-26-21/h3-10H,11-12H2,1-2H3. The molecule has 5 rings (SSSR count). The molecule has 0 spiro atoms. The highest BCUT2D eigenvalue weighted by Gasteiger charge is 2.29. The second-order valence-electron chi connectivity index (χ2n) is 7.57. The van der Waals surface area contributed by atoms with E-state index in [0.717, 1.165) is 16.5 Å². The van der Waals surface area contributed by atoms with E-state index in [1.807, 2.05) is 32.3 Å². The van der Waals surface area contributed by atoms with Crippen LogP contribution in [0.1, 0.15) is 27.2 Å². The molecule has 4 aromatic rings. The van der Waals surface area contributed by atoms with Gasteiger partial charge in [0, 0.05) is 30.4 Å². The largest absolute Gasteiger partial charge is 0.328 e. The van der Waals surface area contributed by atoms with Gasteiger partial charge in [0.15, 0.2) is 0 Å². The average molecular weight is 404 g/mol. The summed E-state index contributed by atoms with van der Waals surface area (Å²) in [6, 6.07) is 9.73. The van der Waals surface area contributed by atoms with Crippen molar-refractivity contribution in [2.45, 2.75) is 20.0 Å². The lowest BCUT2D eigenvalue weighted by atomic mass is 9.98. The van der Waals surface area contributed by atoms with E-state index >= 15 is 0 Å². The molecule has 2 aromatic heterocycles. The Morgan fingerprint density at radius 3 is 2.60 bits per heavy atom. The predicted octanol–water partition coefficient (Wildman–Crippen LogP) is 4.38. The summed E-state index contributed by atoms with van der Waals surface area (Å²) in [7, 11) is 1.81. The number of fused-ring (bicyclic) bond motifs is 2. The lowest BCUT2D eigenvalue weighted by Gasteiger charge is -2.17. The number of hydrogen-bond donors (Lipinski definition) is 0. The van der Waals surface area contributed by atoms with Gasteiger partial charge in [0.25, 0.3) is 5.91 Å². The van der Waals surface area contributed by atoms with Crippen molar-refractivity contribution in [3.8, 4) is 11.1 Å². The number of benzene rings is 2. The van der Waals surface area contributed by atoms with Crippen LogP contribution in [0.15, 0.2) is 48.8 Å². The Kier molecular flexibility index (Phi) is 4.13. The van der Waals surface area contributed by atoms with Crippen LogP contribution < -0.4 is 0 Å². The van der Waals surface area contributed by atoms with Crippen LogP contribution in [0.25, 0.3) is 22.0 Å². The minimum atomic E-state index is -0.681. The first-order valence-electron chi connectivity index (χ1n) is 9.57. The number of pyridine rings is 1. The highest BCUT2D eigenvalue weighted by Crippen LogP contribution is 2.33. The van der Waals surface area contributed by atoms with Crippen LogP contribution in [0, 0.1) is 18.6 Å². The molecule has 2 aromatic carbocycles. The van der Waals surface area contributed by atoms with E-state index in [1.54, 1.807) is 23.0 Å². The minimum Gasteiger partial charge on any atom is -0.328 e. The van der Waals surface area contributed by atoms with Crippen molar-refractivity contribution >= 4 is 16.8 Å². The number of carbonyl (C=O) groups excluding carboxylic acids is 1. The van der Waals surface area contributed by atoms with E-state index in [9.17, 15) is 13.6 Å². The smallest absolute Gasteiger partial charge is 0.256 e. The molecule has 150 valence electrons. The summed E-state index contributed by atoms with van der Waals surface area (Å²) in [5.41, 5.74) is 3.91. The monoisotopic (exact) mass is 404 g/mol. The Hall–Kier alpha value is -3.61. The number of amides is 1. The van der Waals surface area contributed by atoms with Gasteiger partial charge in [-0.2, -0.15) is 5.10 Å². The van der Waals surface area contributed by atoms with Crippen molar-refractivity contribution in [3.63, 3.8) is 0 Å². The van der Waals surface area contributed by atoms with Crippen molar-refractivity contribution in [3.05, 3.63) is 82.8 Å². The van der Waals surface area contributed by atoms with Crippen molar-refractivity contribution in [1.82, 2.24) is 19.7 Å². The van der Waals surface area contributed by atoms with Crippen molar-refractivity contribution < 1.29 is 13.6 Å². The maximum Gasteiger partial charge on any atom is 0.256 e. The molecular weight excluding hydrogens is 386 g/mol. The van der Waals surface area contributed by atoms with Gasteiger partial charge in [0.2, 0.25) is 0 Å². The van der Waals surface area contributed by atoms with Gasteiger partial charge in [0.05, 0.1) is 29.9 Å². The summed E-state index contributed by atoms with van der Waals surface area (Å²) in [4.78, 5) is 18.1. The van der Waals surface area contributed by atoms with E-state index in [0.29, 0.717) is 22.4 Å². The number of aryl methyl sites for hydroxylation is 2. The number of hydrogen-bond acceptors (Lipinski definition) is 3. The summed E-state index contributed by atoms with van der Waals surface area (Å²) in [6.07, 6.45) is 3.45. The molecule has 7 heteroatoms. The van der Waals surface area contributed by atoms with Gasteiger partial charge >= 0.3 is 0 Å². The Labute approximate surface area is 171 Å². The lowest BCUT2D eigenvalue weighted by Crippen LogP contribution is -2.24. The third kappa shape index (κ3) is 2.85. The minimum absolute atomic E-state index is 0.130.